The first-order chi connectivity index (χ1) is 10.1. The first-order valence-electron chi connectivity index (χ1n) is 6.51. The highest BCUT2D eigenvalue weighted by molar-refractivity contribution is 9.10. The van der Waals surface area contributed by atoms with Crippen molar-refractivity contribution in [2.75, 3.05) is 37.0 Å². The number of methoxy groups -OCH3 is 1. The van der Waals surface area contributed by atoms with Crippen molar-refractivity contribution in [3.05, 3.63) is 22.2 Å². The number of benzene rings is 1. The van der Waals surface area contributed by atoms with Crippen LogP contribution in [0.25, 0.3) is 0 Å². The van der Waals surface area contributed by atoms with Crippen LogP contribution in [0.15, 0.2) is 16.6 Å². The molecule has 2 N–H and O–H groups in total. The number of aliphatic hydroxyl groups is 1. The largest absolute Gasteiger partial charge is 0.383 e. The van der Waals surface area contributed by atoms with Crippen LogP contribution in [0.1, 0.15) is 18.1 Å². The van der Waals surface area contributed by atoms with Crippen LogP contribution in [0.3, 0.4) is 0 Å². The fourth-order valence-corrected chi connectivity index (χ4v) is 2.85. The lowest BCUT2D eigenvalue weighted by Gasteiger charge is -2.25. The van der Waals surface area contributed by atoms with Crippen molar-refractivity contribution in [2.24, 2.45) is 0 Å². The first kappa shape index (κ1) is 15.8. The van der Waals surface area contributed by atoms with Crippen molar-refractivity contribution in [3.63, 3.8) is 0 Å². The van der Waals surface area contributed by atoms with Gasteiger partial charge in [-0.05, 0) is 28.1 Å². The maximum atomic E-state index is 11.5. The standard InChI is InChI=1S/C14H16BrN3O3/c1-21-6-5-18(4-2-3-16)12-8-11-9(7-10(12)15)13(19)14(20)17-11/h7-8,13,19H,2,4-6H2,1H3,(H,17,20). The van der Waals surface area contributed by atoms with Crippen molar-refractivity contribution >= 4 is 33.2 Å². The molecule has 0 radical (unpaired) electrons. The molecule has 1 aromatic rings. The van der Waals surface area contributed by atoms with Crippen LogP contribution in [-0.2, 0) is 9.53 Å². The summed E-state index contributed by atoms with van der Waals surface area (Å²) in [7, 11) is 1.62. The molecular weight excluding hydrogens is 338 g/mol. The highest BCUT2D eigenvalue weighted by atomic mass is 79.9. The molecule has 1 atom stereocenters. The van der Waals surface area contributed by atoms with Crippen LogP contribution < -0.4 is 10.2 Å². The molecule has 2 rings (SSSR count). The van der Waals surface area contributed by atoms with Crippen molar-refractivity contribution in [1.82, 2.24) is 0 Å². The number of nitrogens with zero attached hydrogens (tertiary/aromatic N) is 2. The molecule has 0 bridgehead atoms. The molecule has 0 aliphatic carbocycles. The number of carbonyl (C=O) groups excluding carboxylic acids is 1. The van der Waals surface area contributed by atoms with E-state index < -0.39 is 12.0 Å². The Kier molecular flexibility index (Phi) is 5.17. The topological polar surface area (TPSA) is 85.6 Å². The van der Waals surface area contributed by atoms with Gasteiger partial charge < -0.3 is 20.1 Å². The van der Waals surface area contributed by atoms with Gasteiger partial charge in [0.2, 0.25) is 0 Å². The molecule has 1 aliphatic rings. The average Bonchev–Trinajstić information content (AvgIpc) is 2.74. The lowest BCUT2D eigenvalue weighted by atomic mass is 10.1. The number of anilines is 2. The molecule has 1 heterocycles. The van der Waals surface area contributed by atoms with Gasteiger partial charge in [-0.2, -0.15) is 5.26 Å². The SMILES string of the molecule is COCCN(CCC#N)c1cc2c(cc1Br)C(O)C(=O)N2. The molecule has 0 fully saturated rings. The summed E-state index contributed by atoms with van der Waals surface area (Å²) in [4.78, 5) is 13.5. The molecule has 21 heavy (non-hydrogen) atoms. The second-order valence-corrected chi connectivity index (χ2v) is 5.52. The number of aliphatic hydroxyl groups excluding tert-OH is 1. The zero-order valence-electron chi connectivity index (χ0n) is 11.6. The summed E-state index contributed by atoms with van der Waals surface area (Å²) in [5, 5.41) is 21.2. The highest BCUT2D eigenvalue weighted by Gasteiger charge is 2.30. The third-order valence-corrected chi connectivity index (χ3v) is 3.95. The van der Waals surface area contributed by atoms with E-state index in [9.17, 15) is 9.90 Å². The molecule has 6 nitrogen and oxygen atoms in total. The summed E-state index contributed by atoms with van der Waals surface area (Å²) >= 11 is 3.47. The van der Waals surface area contributed by atoms with E-state index in [1.165, 1.54) is 0 Å². The molecule has 1 amide bonds. The summed E-state index contributed by atoms with van der Waals surface area (Å²) in [6.45, 7) is 1.73. The number of nitrogens with one attached hydrogen (secondary N) is 1. The van der Waals surface area contributed by atoms with E-state index in [1.807, 2.05) is 4.90 Å². The Hall–Kier alpha value is -1.62. The van der Waals surface area contributed by atoms with Crippen LogP contribution in [0.4, 0.5) is 11.4 Å². The summed E-state index contributed by atoms with van der Waals surface area (Å²) in [5.41, 5.74) is 2.02. The molecule has 0 spiro atoms. The van der Waals surface area contributed by atoms with E-state index in [0.717, 1.165) is 10.2 Å². The number of carbonyl (C=O) groups is 1. The first-order valence-corrected chi connectivity index (χ1v) is 7.31. The summed E-state index contributed by atoms with van der Waals surface area (Å²) in [6, 6.07) is 5.66. The van der Waals surface area contributed by atoms with Gasteiger partial charge >= 0.3 is 0 Å². The predicted molar refractivity (Wildman–Crippen MR) is 82.1 cm³/mol. The number of rotatable bonds is 6. The number of fused-ring (bicyclic) bond motifs is 1. The molecule has 0 saturated heterocycles. The Morgan fingerprint density at radius 3 is 2.95 bits per heavy atom. The van der Waals surface area contributed by atoms with E-state index in [4.69, 9.17) is 10.00 Å². The quantitative estimate of drug-likeness (QED) is 0.814. The minimum Gasteiger partial charge on any atom is -0.383 e. The molecule has 1 aliphatic heterocycles. The van der Waals surface area contributed by atoms with Crippen LogP contribution in [0.5, 0.6) is 0 Å². The Labute approximate surface area is 131 Å². The van der Waals surface area contributed by atoms with E-state index in [1.54, 1.807) is 19.2 Å². The molecule has 1 unspecified atom stereocenters. The number of hydrogen-bond donors (Lipinski definition) is 2. The Morgan fingerprint density at radius 2 is 2.29 bits per heavy atom. The van der Waals surface area contributed by atoms with Gasteiger partial charge in [-0.15, -0.1) is 0 Å². The minimum atomic E-state index is -1.13. The van der Waals surface area contributed by atoms with Gasteiger partial charge in [0, 0.05) is 35.9 Å². The van der Waals surface area contributed by atoms with Crippen LogP contribution >= 0.6 is 15.9 Å². The number of ether oxygens (including phenoxy) is 1. The molecule has 0 aromatic heterocycles. The maximum Gasteiger partial charge on any atom is 0.257 e. The molecule has 7 heteroatoms. The number of halogens is 1. The number of nitriles is 1. The average molecular weight is 354 g/mol. The zero-order valence-corrected chi connectivity index (χ0v) is 13.2. The Morgan fingerprint density at radius 1 is 1.52 bits per heavy atom. The highest BCUT2D eigenvalue weighted by Crippen LogP contribution is 2.39. The fourth-order valence-electron chi connectivity index (χ4n) is 2.24. The smallest absolute Gasteiger partial charge is 0.257 e. The van der Waals surface area contributed by atoms with Gasteiger partial charge in [0.15, 0.2) is 6.10 Å². The third kappa shape index (κ3) is 3.35. The molecule has 1 aromatic carbocycles. The van der Waals surface area contributed by atoms with Crippen LogP contribution in [0, 0.1) is 11.3 Å². The van der Waals surface area contributed by atoms with E-state index in [-0.39, 0.29) is 0 Å². The monoisotopic (exact) mass is 353 g/mol. The predicted octanol–water partition coefficient (Wildman–Crippen LogP) is 1.80. The van der Waals surface area contributed by atoms with E-state index >= 15 is 0 Å². The Bertz CT molecular complexity index is 586. The third-order valence-electron chi connectivity index (χ3n) is 3.32. The molecular formula is C14H16BrN3O3. The molecule has 0 saturated carbocycles. The van der Waals surface area contributed by atoms with Gasteiger partial charge in [-0.1, -0.05) is 0 Å². The summed E-state index contributed by atoms with van der Waals surface area (Å²) in [5.74, 6) is -0.422. The lowest BCUT2D eigenvalue weighted by molar-refractivity contribution is -0.123. The van der Waals surface area contributed by atoms with E-state index in [2.05, 4.69) is 27.3 Å². The van der Waals surface area contributed by atoms with E-state index in [0.29, 0.717) is 37.4 Å². The van der Waals surface area contributed by atoms with Gasteiger partial charge in [0.1, 0.15) is 0 Å². The normalized spacial score (nSPS) is 16.3. The van der Waals surface area contributed by atoms with Gasteiger partial charge in [0.25, 0.3) is 5.91 Å². The minimum absolute atomic E-state index is 0.391. The number of amides is 1. The van der Waals surface area contributed by atoms with Gasteiger partial charge in [-0.3, -0.25) is 4.79 Å². The zero-order chi connectivity index (χ0) is 15.4. The number of hydrogen-bond acceptors (Lipinski definition) is 5. The van der Waals surface area contributed by atoms with Crippen LogP contribution in [-0.4, -0.2) is 37.8 Å². The summed E-state index contributed by atoms with van der Waals surface area (Å²) in [6.07, 6.45) is -0.737. The summed E-state index contributed by atoms with van der Waals surface area (Å²) < 4.78 is 5.86. The molecule has 112 valence electrons. The second-order valence-electron chi connectivity index (χ2n) is 4.67. The van der Waals surface area contributed by atoms with Gasteiger partial charge in [-0.25, -0.2) is 0 Å². The van der Waals surface area contributed by atoms with Crippen molar-refractivity contribution in [2.45, 2.75) is 12.5 Å². The Balaban J connectivity index is 2.31. The van der Waals surface area contributed by atoms with Gasteiger partial charge in [0.05, 0.1) is 24.8 Å². The van der Waals surface area contributed by atoms with Crippen molar-refractivity contribution < 1.29 is 14.6 Å². The van der Waals surface area contributed by atoms with Crippen molar-refractivity contribution in [1.29, 1.82) is 5.26 Å². The lowest BCUT2D eigenvalue weighted by Crippen LogP contribution is -2.28. The van der Waals surface area contributed by atoms with Crippen LogP contribution in [0.2, 0.25) is 0 Å². The van der Waals surface area contributed by atoms with Crippen molar-refractivity contribution in [3.8, 4) is 6.07 Å². The maximum absolute atomic E-state index is 11.5. The second kappa shape index (κ2) is 6.89. The fraction of sp³-hybridized carbons (Fsp3) is 0.429.